The van der Waals surface area contributed by atoms with Crippen LogP contribution in [0.1, 0.15) is 24.8 Å². The summed E-state index contributed by atoms with van der Waals surface area (Å²) in [6.07, 6.45) is 3.57. The molecule has 3 heterocycles. The minimum atomic E-state index is -3.47. The standard InChI is InChI=1S/C23H26N2O5S2/c26-23(16-31-18-4-7-21-22(15-18)30-13-12-29-21)25-11-8-17-14-19(5-6-20(17)25)32(27,28)24-9-2-1-3-10-24/h4-7,14-15H,1-3,8-13,16H2. The number of benzene rings is 2. The van der Waals surface area contributed by atoms with E-state index < -0.39 is 10.0 Å². The van der Waals surface area contributed by atoms with Crippen LogP contribution >= 0.6 is 11.8 Å². The smallest absolute Gasteiger partial charge is 0.243 e. The zero-order valence-corrected chi connectivity index (χ0v) is 19.4. The second-order valence-electron chi connectivity index (χ2n) is 8.14. The zero-order chi connectivity index (χ0) is 22.1. The molecule has 0 aromatic heterocycles. The first-order valence-corrected chi connectivity index (χ1v) is 13.4. The molecule has 0 spiro atoms. The normalized spacial score (nSPS) is 18.4. The minimum Gasteiger partial charge on any atom is -0.486 e. The highest BCUT2D eigenvalue weighted by atomic mass is 32.2. The number of piperidine rings is 1. The van der Waals surface area contributed by atoms with Crippen molar-refractivity contribution in [2.45, 2.75) is 35.5 Å². The van der Waals surface area contributed by atoms with Gasteiger partial charge in [0.1, 0.15) is 13.2 Å². The summed E-state index contributed by atoms with van der Waals surface area (Å²) in [5.74, 6) is 1.75. The Labute approximate surface area is 192 Å². The van der Waals surface area contributed by atoms with Crippen molar-refractivity contribution in [3.63, 3.8) is 0 Å². The number of rotatable bonds is 5. The van der Waals surface area contributed by atoms with Crippen molar-refractivity contribution in [2.75, 3.05) is 43.5 Å². The molecule has 0 aliphatic carbocycles. The number of amides is 1. The highest BCUT2D eigenvalue weighted by Crippen LogP contribution is 2.36. The van der Waals surface area contributed by atoms with E-state index in [9.17, 15) is 13.2 Å². The number of nitrogens with zero attached hydrogens (tertiary/aromatic N) is 2. The van der Waals surface area contributed by atoms with Gasteiger partial charge in [0.05, 0.1) is 10.6 Å². The maximum Gasteiger partial charge on any atom is 0.243 e. The summed E-state index contributed by atoms with van der Waals surface area (Å²) in [6, 6.07) is 10.9. The molecule has 0 bridgehead atoms. The summed E-state index contributed by atoms with van der Waals surface area (Å²) in [5.41, 5.74) is 1.73. The van der Waals surface area contributed by atoms with Crippen LogP contribution in [0.4, 0.5) is 5.69 Å². The van der Waals surface area contributed by atoms with Gasteiger partial charge in [0, 0.05) is 30.2 Å². The summed E-state index contributed by atoms with van der Waals surface area (Å²) in [7, 11) is -3.47. The van der Waals surface area contributed by atoms with Crippen LogP contribution < -0.4 is 14.4 Å². The van der Waals surface area contributed by atoms with Gasteiger partial charge in [-0.15, -0.1) is 11.8 Å². The molecular weight excluding hydrogens is 448 g/mol. The van der Waals surface area contributed by atoms with E-state index in [-0.39, 0.29) is 5.91 Å². The number of hydrogen-bond acceptors (Lipinski definition) is 6. The molecule has 1 fully saturated rings. The van der Waals surface area contributed by atoms with Crippen molar-refractivity contribution in [2.24, 2.45) is 0 Å². The van der Waals surface area contributed by atoms with Crippen LogP contribution in [0.15, 0.2) is 46.2 Å². The number of ether oxygens (including phenoxy) is 2. The predicted molar refractivity (Wildman–Crippen MR) is 123 cm³/mol. The SMILES string of the molecule is O=C(CSc1ccc2c(c1)OCCO2)N1CCc2cc(S(=O)(=O)N3CCCCC3)ccc21. The number of thioether (sulfide) groups is 1. The minimum absolute atomic E-state index is 0.00952. The molecule has 2 aromatic carbocycles. The van der Waals surface area contributed by atoms with Gasteiger partial charge in [-0.3, -0.25) is 4.79 Å². The Morgan fingerprint density at radius 3 is 2.53 bits per heavy atom. The molecule has 3 aliphatic rings. The zero-order valence-electron chi connectivity index (χ0n) is 17.8. The molecule has 1 saturated heterocycles. The quantitative estimate of drug-likeness (QED) is 0.619. The lowest BCUT2D eigenvalue weighted by atomic mass is 10.2. The maximum atomic E-state index is 13.0. The van der Waals surface area contributed by atoms with Crippen LogP contribution in [0.2, 0.25) is 0 Å². The summed E-state index contributed by atoms with van der Waals surface area (Å²) in [5, 5.41) is 0. The molecule has 7 nitrogen and oxygen atoms in total. The lowest BCUT2D eigenvalue weighted by Gasteiger charge is -2.26. The van der Waals surface area contributed by atoms with Crippen molar-refractivity contribution in [3.05, 3.63) is 42.0 Å². The lowest BCUT2D eigenvalue weighted by molar-refractivity contribution is -0.116. The Balaban J connectivity index is 1.26. The summed E-state index contributed by atoms with van der Waals surface area (Å²) in [6.45, 7) is 2.82. The first-order valence-electron chi connectivity index (χ1n) is 11.0. The van der Waals surface area contributed by atoms with Crippen LogP contribution in [-0.4, -0.2) is 57.2 Å². The molecule has 3 aliphatic heterocycles. The van der Waals surface area contributed by atoms with Crippen LogP contribution in [0.5, 0.6) is 11.5 Å². The molecule has 0 N–H and O–H groups in total. The Morgan fingerprint density at radius 2 is 1.72 bits per heavy atom. The van der Waals surface area contributed by atoms with Gasteiger partial charge in [0.2, 0.25) is 15.9 Å². The number of sulfonamides is 1. The molecule has 1 amide bonds. The number of carbonyl (C=O) groups excluding carboxylic acids is 1. The van der Waals surface area contributed by atoms with Crippen LogP contribution in [0, 0.1) is 0 Å². The van der Waals surface area contributed by atoms with E-state index in [0.717, 1.165) is 41.2 Å². The topological polar surface area (TPSA) is 76.1 Å². The van der Waals surface area contributed by atoms with Gasteiger partial charge in [-0.05, 0) is 61.2 Å². The van der Waals surface area contributed by atoms with E-state index in [2.05, 4.69) is 0 Å². The molecule has 2 aromatic rings. The fourth-order valence-corrected chi connectivity index (χ4v) is 6.76. The first kappa shape index (κ1) is 21.6. The molecule has 9 heteroatoms. The van der Waals surface area contributed by atoms with Crippen LogP contribution in [0.3, 0.4) is 0 Å². The molecular formula is C23H26N2O5S2. The van der Waals surface area contributed by atoms with Gasteiger partial charge in [-0.1, -0.05) is 6.42 Å². The Kier molecular flexibility index (Phi) is 6.05. The van der Waals surface area contributed by atoms with Gasteiger partial charge in [0.15, 0.2) is 11.5 Å². The highest BCUT2D eigenvalue weighted by molar-refractivity contribution is 8.00. The van der Waals surface area contributed by atoms with Gasteiger partial charge in [-0.2, -0.15) is 4.31 Å². The molecule has 0 atom stereocenters. The number of fused-ring (bicyclic) bond motifs is 2. The maximum absolute atomic E-state index is 13.0. The molecule has 0 saturated carbocycles. The Bertz CT molecular complexity index is 1130. The fraction of sp³-hybridized carbons (Fsp3) is 0.435. The van der Waals surface area contributed by atoms with Crippen molar-refractivity contribution in [3.8, 4) is 11.5 Å². The number of hydrogen-bond donors (Lipinski definition) is 0. The van der Waals surface area contributed by atoms with Gasteiger partial charge in [-0.25, -0.2) is 8.42 Å². The van der Waals surface area contributed by atoms with Crippen LogP contribution in [0.25, 0.3) is 0 Å². The second-order valence-corrected chi connectivity index (χ2v) is 11.1. The third-order valence-electron chi connectivity index (χ3n) is 6.08. The van der Waals surface area contributed by atoms with Gasteiger partial charge < -0.3 is 14.4 Å². The lowest BCUT2D eigenvalue weighted by Crippen LogP contribution is -2.35. The highest BCUT2D eigenvalue weighted by Gasteiger charge is 2.30. The van der Waals surface area contributed by atoms with Crippen LogP contribution in [-0.2, 0) is 21.2 Å². The molecule has 0 radical (unpaired) electrons. The molecule has 5 rings (SSSR count). The van der Waals surface area contributed by atoms with E-state index >= 15 is 0 Å². The first-order chi connectivity index (χ1) is 15.5. The Hall–Kier alpha value is -2.23. The van der Waals surface area contributed by atoms with Crippen molar-refractivity contribution < 1.29 is 22.7 Å². The largest absolute Gasteiger partial charge is 0.486 e. The predicted octanol–water partition coefficient (Wildman–Crippen LogP) is 3.31. The van der Waals surface area contributed by atoms with Gasteiger partial charge in [0.25, 0.3) is 0 Å². The second kappa shape index (κ2) is 8.96. The average molecular weight is 475 g/mol. The van der Waals surface area contributed by atoms with Gasteiger partial charge >= 0.3 is 0 Å². The van der Waals surface area contributed by atoms with Crippen molar-refractivity contribution in [1.82, 2.24) is 4.31 Å². The fourth-order valence-electron chi connectivity index (χ4n) is 4.39. The number of anilines is 1. The average Bonchev–Trinajstić information content (AvgIpc) is 3.26. The van der Waals surface area contributed by atoms with Crippen molar-refractivity contribution in [1.29, 1.82) is 0 Å². The molecule has 170 valence electrons. The third kappa shape index (κ3) is 4.21. The summed E-state index contributed by atoms with van der Waals surface area (Å²) < 4.78 is 38.7. The van der Waals surface area contributed by atoms with Crippen molar-refractivity contribution >= 4 is 33.4 Å². The summed E-state index contributed by atoms with van der Waals surface area (Å²) in [4.78, 5) is 16.0. The monoisotopic (exact) mass is 474 g/mol. The van der Waals surface area contributed by atoms with E-state index in [4.69, 9.17) is 9.47 Å². The molecule has 32 heavy (non-hydrogen) atoms. The van der Waals surface area contributed by atoms with E-state index in [1.165, 1.54) is 11.8 Å². The van der Waals surface area contributed by atoms with E-state index in [0.29, 0.717) is 55.7 Å². The third-order valence-corrected chi connectivity index (χ3v) is 8.95. The Morgan fingerprint density at radius 1 is 0.938 bits per heavy atom. The van der Waals surface area contributed by atoms with E-state index in [1.54, 1.807) is 27.4 Å². The van der Waals surface area contributed by atoms with E-state index in [1.807, 2.05) is 18.2 Å². The summed E-state index contributed by atoms with van der Waals surface area (Å²) >= 11 is 1.46. The molecule has 0 unspecified atom stereocenters. The number of carbonyl (C=O) groups is 1.